The summed E-state index contributed by atoms with van der Waals surface area (Å²) in [5.41, 5.74) is 3.29. The van der Waals surface area contributed by atoms with Crippen LogP contribution in [-0.4, -0.2) is 21.3 Å². The number of halogens is 1. The number of carboxylic acids is 1. The lowest BCUT2D eigenvalue weighted by molar-refractivity contribution is 0.0697. The number of aromatic nitrogens is 2. The molecule has 0 aliphatic rings. The molecule has 0 amide bonds. The Morgan fingerprint density at radius 2 is 1.90 bits per heavy atom. The summed E-state index contributed by atoms with van der Waals surface area (Å²) in [6.07, 6.45) is 0. The molecule has 0 fully saturated rings. The van der Waals surface area contributed by atoms with E-state index in [1.54, 1.807) is 18.2 Å². The normalized spacial score (nSPS) is 10.5. The van der Waals surface area contributed by atoms with Crippen LogP contribution in [0.25, 0.3) is 22.5 Å². The number of carboxylic acid groups (broad SMARTS) is 1. The number of nitrogens with zero attached hydrogens (tertiary/aromatic N) is 1. The van der Waals surface area contributed by atoms with Gasteiger partial charge in [-0.05, 0) is 24.3 Å². The summed E-state index contributed by atoms with van der Waals surface area (Å²) >= 11 is 6.16. The molecule has 21 heavy (non-hydrogen) atoms. The van der Waals surface area contributed by atoms with Crippen LogP contribution in [-0.2, 0) is 0 Å². The molecule has 0 radical (unpaired) electrons. The molecule has 0 saturated heterocycles. The Morgan fingerprint density at radius 1 is 1.10 bits per heavy atom. The van der Waals surface area contributed by atoms with Crippen molar-refractivity contribution in [1.82, 2.24) is 10.2 Å². The van der Waals surface area contributed by atoms with Crippen molar-refractivity contribution in [2.24, 2.45) is 0 Å². The average Bonchev–Trinajstić information content (AvgIpc) is 2.97. The molecule has 0 aliphatic carbocycles. The van der Waals surface area contributed by atoms with Gasteiger partial charge in [0.15, 0.2) is 0 Å². The first-order valence-electron chi connectivity index (χ1n) is 6.29. The predicted molar refractivity (Wildman–Crippen MR) is 81.4 cm³/mol. The van der Waals surface area contributed by atoms with Gasteiger partial charge in [0.25, 0.3) is 0 Å². The number of hydrogen-bond donors (Lipinski definition) is 2. The lowest BCUT2D eigenvalue weighted by atomic mass is 10.1. The van der Waals surface area contributed by atoms with Crippen LogP contribution in [0.5, 0.6) is 0 Å². The van der Waals surface area contributed by atoms with Gasteiger partial charge in [0, 0.05) is 16.1 Å². The zero-order chi connectivity index (χ0) is 14.8. The molecule has 3 rings (SSSR count). The standard InChI is InChI=1S/C16H11ClN2O2/c17-13-7-2-1-6-12(13)15-9-14(18-19-15)10-4-3-5-11(8-10)16(20)21/h1-9H,(H,18,19)(H,20,21). The summed E-state index contributed by atoms with van der Waals surface area (Å²) in [7, 11) is 0. The summed E-state index contributed by atoms with van der Waals surface area (Å²) < 4.78 is 0. The summed E-state index contributed by atoms with van der Waals surface area (Å²) in [6.45, 7) is 0. The van der Waals surface area contributed by atoms with E-state index in [2.05, 4.69) is 10.2 Å². The van der Waals surface area contributed by atoms with Gasteiger partial charge in [0.2, 0.25) is 0 Å². The van der Waals surface area contributed by atoms with Crippen LogP contribution >= 0.6 is 11.6 Å². The van der Waals surface area contributed by atoms with Crippen molar-refractivity contribution in [2.45, 2.75) is 0 Å². The lowest BCUT2D eigenvalue weighted by Gasteiger charge is -1.99. The highest BCUT2D eigenvalue weighted by atomic mass is 35.5. The third-order valence-corrected chi connectivity index (χ3v) is 3.48. The molecule has 1 aromatic heterocycles. The zero-order valence-corrected chi connectivity index (χ0v) is 11.6. The van der Waals surface area contributed by atoms with Gasteiger partial charge in [-0.1, -0.05) is 41.9 Å². The molecule has 0 bridgehead atoms. The summed E-state index contributed by atoms with van der Waals surface area (Å²) in [5, 5.41) is 16.8. The van der Waals surface area contributed by atoms with Gasteiger partial charge in [-0.25, -0.2) is 4.79 Å². The van der Waals surface area contributed by atoms with E-state index in [0.29, 0.717) is 10.7 Å². The fourth-order valence-electron chi connectivity index (χ4n) is 2.10. The van der Waals surface area contributed by atoms with Gasteiger partial charge in [-0.15, -0.1) is 0 Å². The monoisotopic (exact) mass is 298 g/mol. The number of aromatic carboxylic acids is 1. The highest BCUT2D eigenvalue weighted by Gasteiger charge is 2.10. The minimum atomic E-state index is -0.960. The van der Waals surface area contributed by atoms with Crippen LogP contribution in [0.15, 0.2) is 54.6 Å². The first-order valence-corrected chi connectivity index (χ1v) is 6.67. The first-order chi connectivity index (χ1) is 10.1. The zero-order valence-electron chi connectivity index (χ0n) is 10.9. The van der Waals surface area contributed by atoms with Crippen molar-refractivity contribution in [3.63, 3.8) is 0 Å². The third-order valence-electron chi connectivity index (χ3n) is 3.15. The van der Waals surface area contributed by atoms with E-state index in [-0.39, 0.29) is 5.56 Å². The van der Waals surface area contributed by atoms with Crippen molar-refractivity contribution in [3.05, 3.63) is 65.2 Å². The van der Waals surface area contributed by atoms with Crippen LogP contribution in [0.1, 0.15) is 10.4 Å². The van der Waals surface area contributed by atoms with Crippen molar-refractivity contribution in [2.75, 3.05) is 0 Å². The molecular formula is C16H11ClN2O2. The average molecular weight is 299 g/mol. The van der Waals surface area contributed by atoms with Crippen LogP contribution in [0, 0.1) is 0 Å². The van der Waals surface area contributed by atoms with Gasteiger partial charge in [0.05, 0.1) is 17.0 Å². The molecule has 0 unspecified atom stereocenters. The molecule has 104 valence electrons. The number of nitrogens with one attached hydrogen (secondary N) is 1. The van der Waals surface area contributed by atoms with Gasteiger partial charge in [0.1, 0.15) is 0 Å². The Labute approximate surface area is 126 Å². The minimum absolute atomic E-state index is 0.231. The first kappa shape index (κ1) is 13.4. The van der Waals surface area contributed by atoms with Crippen molar-refractivity contribution in [3.8, 4) is 22.5 Å². The summed E-state index contributed by atoms with van der Waals surface area (Å²) in [6, 6.07) is 16.0. The molecule has 4 nitrogen and oxygen atoms in total. The highest BCUT2D eigenvalue weighted by Crippen LogP contribution is 2.29. The number of benzene rings is 2. The second-order valence-electron chi connectivity index (χ2n) is 4.53. The Balaban J connectivity index is 2.01. The fourth-order valence-corrected chi connectivity index (χ4v) is 2.34. The van der Waals surface area contributed by atoms with E-state index in [9.17, 15) is 4.79 Å². The number of rotatable bonds is 3. The molecule has 0 atom stereocenters. The van der Waals surface area contributed by atoms with E-state index in [1.807, 2.05) is 36.4 Å². The van der Waals surface area contributed by atoms with Crippen LogP contribution in [0.2, 0.25) is 5.02 Å². The van der Waals surface area contributed by atoms with Crippen molar-refractivity contribution in [1.29, 1.82) is 0 Å². The Morgan fingerprint density at radius 3 is 2.67 bits per heavy atom. The second kappa shape index (κ2) is 5.42. The minimum Gasteiger partial charge on any atom is -0.478 e. The maximum absolute atomic E-state index is 11.0. The molecule has 1 heterocycles. The number of H-pyrrole nitrogens is 1. The summed E-state index contributed by atoms with van der Waals surface area (Å²) in [4.78, 5) is 11.0. The van der Waals surface area contributed by atoms with E-state index in [1.165, 1.54) is 0 Å². The molecule has 0 saturated carbocycles. The maximum atomic E-state index is 11.0. The van der Waals surface area contributed by atoms with Crippen molar-refractivity contribution < 1.29 is 9.90 Å². The SMILES string of the molecule is O=C(O)c1cccc(-c2cc(-c3ccccc3Cl)[nH]n2)c1. The van der Waals surface area contributed by atoms with E-state index in [0.717, 1.165) is 16.8 Å². The predicted octanol–water partition coefficient (Wildman–Crippen LogP) is 4.10. The number of carbonyl (C=O) groups is 1. The quantitative estimate of drug-likeness (QED) is 0.765. The molecule has 2 N–H and O–H groups in total. The Kier molecular flexibility index (Phi) is 3.46. The highest BCUT2D eigenvalue weighted by molar-refractivity contribution is 6.33. The number of aromatic amines is 1. The van der Waals surface area contributed by atoms with Crippen molar-refractivity contribution >= 4 is 17.6 Å². The molecule has 0 spiro atoms. The van der Waals surface area contributed by atoms with Gasteiger partial charge < -0.3 is 5.11 Å². The largest absolute Gasteiger partial charge is 0.478 e. The molecule has 2 aromatic carbocycles. The Bertz CT molecular complexity index is 811. The van der Waals surface area contributed by atoms with Gasteiger partial charge in [-0.3, -0.25) is 5.10 Å². The van der Waals surface area contributed by atoms with E-state index in [4.69, 9.17) is 16.7 Å². The third kappa shape index (κ3) is 2.66. The fraction of sp³-hybridized carbons (Fsp3) is 0. The van der Waals surface area contributed by atoms with Gasteiger partial charge >= 0.3 is 5.97 Å². The van der Waals surface area contributed by atoms with Gasteiger partial charge in [-0.2, -0.15) is 5.10 Å². The number of hydrogen-bond acceptors (Lipinski definition) is 2. The van der Waals surface area contributed by atoms with E-state index >= 15 is 0 Å². The lowest BCUT2D eigenvalue weighted by Crippen LogP contribution is -1.95. The Hall–Kier alpha value is -2.59. The van der Waals surface area contributed by atoms with E-state index < -0.39 is 5.97 Å². The van der Waals surface area contributed by atoms with Crippen LogP contribution in [0.3, 0.4) is 0 Å². The molecule has 0 aliphatic heterocycles. The maximum Gasteiger partial charge on any atom is 0.335 e. The second-order valence-corrected chi connectivity index (χ2v) is 4.94. The molecule has 3 aromatic rings. The summed E-state index contributed by atoms with van der Waals surface area (Å²) in [5.74, 6) is -0.960. The molecular weight excluding hydrogens is 288 g/mol. The molecule has 5 heteroatoms. The van der Waals surface area contributed by atoms with Crippen LogP contribution < -0.4 is 0 Å². The van der Waals surface area contributed by atoms with Crippen LogP contribution in [0.4, 0.5) is 0 Å². The smallest absolute Gasteiger partial charge is 0.335 e. The topological polar surface area (TPSA) is 66.0 Å².